The highest BCUT2D eigenvalue weighted by molar-refractivity contribution is 5.98. The second-order valence-corrected chi connectivity index (χ2v) is 5.87. The molecular formula is C18H17N3O3. The number of piperazine rings is 1. The van der Waals surface area contributed by atoms with Crippen molar-refractivity contribution in [2.45, 2.75) is 0 Å². The van der Waals surface area contributed by atoms with E-state index in [1.807, 2.05) is 30.3 Å². The number of furan rings is 1. The molecule has 122 valence electrons. The number of aromatic amines is 1. The van der Waals surface area contributed by atoms with E-state index in [9.17, 15) is 9.59 Å². The Morgan fingerprint density at radius 3 is 2.33 bits per heavy atom. The molecule has 0 spiro atoms. The topological polar surface area (TPSA) is 69.6 Å². The highest BCUT2D eigenvalue weighted by Gasteiger charge is 2.26. The maximum absolute atomic E-state index is 12.7. The van der Waals surface area contributed by atoms with Crippen LogP contribution < -0.4 is 0 Å². The molecule has 0 atom stereocenters. The molecule has 1 aliphatic rings. The Bertz CT molecular complexity index is 841. The van der Waals surface area contributed by atoms with E-state index in [-0.39, 0.29) is 11.8 Å². The zero-order chi connectivity index (χ0) is 16.5. The normalized spacial score (nSPS) is 15.0. The highest BCUT2D eigenvalue weighted by Crippen LogP contribution is 2.17. The lowest BCUT2D eigenvalue weighted by Gasteiger charge is -2.34. The zero-order valence-corrected chi connectivity index (χ0v) is 13.1. The number of hydrogen-bond acceptors (Lipinski definition) is 3. The van der Waals surface area contributed by atoms with Crippen LogP contribution in [0.1, 0.15) is 20.8 Å². The molecule has 1 aliphatic heterocycles. The van der Waals surface area contributed by atoms with Gasteiger partial charge in [0.1, 0.15) is 12.0 Å². The smallest absolute Gasteiger partial charge is 0.270 e. The Kier molecular flexibility index (Phi) is 3.57. The first-order valence-corrected chi connectivity index (χ1v) is 7.91. The molecule has 1 aromatic carbocycles. The van der Waals surface area contributed by atoms with E-state index in [1.54, 1.807) is 15.9 Å². The van der Waals surface area contributed by atoms with Gasteiger partial charge >= 0.3 is 0 Å². The Balaban J connectivity index is 1.43. The van der Waals surface area contributed by atoms with Crippen molar-refractivity contribution >= 4 is 22.7 Å². The van der Waals surface area contributed by atoms with Crippen LogP contribution in [0, 0.1) is 0 Å². The zero-order valence-electron chi connectivity index (χ0n) is 13.1. The third-order valence-electron chi connectivity index (χ3n) is 4.38. The Hall–Kier alpha value is -3.02. The van der Waals surface area contributed by atoms with Crippen molar-refractivity contribution in [2.75, 3.05) is 26.2 Å². The Morgan fingerprint density at radius 2 is 1.67 bits per heavy atom. The molecule has 6 heteroatoms. The number of H-pyrrole nitrogens is 1. The quantitative estimate of drug-likeness (QED) is 0.787. The molecule has 24 heavy (non-hydrogen) atoms. The number of nitrogens with one attached hydrogen (secondary N) is 1. The molecule has 2 aromatic heterocycles. The average molecular weight is 323 g/mol. The summed E-state index contributed by atoms with van der Waals surface area (Å²) in [4.78, 5) is 31.6. The number of fused-ring (bicyclic) bond motifs is 1. The van der Waals surface area contributed by atoms with Crippen LogP contribution in [0.2, 0.25) is 0 Å². The molecule has 4 rings (SSSR count). The van der Waals surface area contributed by atoms with E-state index >= 15 is 0 Å². The van der Waals surface area contributed by atoms with Crippen LogP contribution >= 0.6 is 0 Å². The maximum atomic E-state index is 12.7. The Labute approximate surface area is 138 Å². The van der Waals surface area contributed by atoms with Gasteiger partial charge in [0.2, 0.25) is 0 Å². The third kappa shape index (κ3) is 2.56. The summed E-state index contributed by atoms with van der Waals surface area (Å²) in [6.07, 6.45) is 2.94. The first-order chi connectivity index (χ1) is 11.7. The fourth-order valence-electron chi connectivity index (χ4n) is 3.04. The van der Waals surface area contributed by atoms with Crippen LogP contribution in [0.3, 0.4) is 0 Å². The average Bonchev–Trinajstić information content (AvgIpc) is 3.30. The van der Waals surface area contributed by atoms with Crippen LogP contribution in [0.4, 0.5) is 0 Å². The molecule has 1 fully saturated rings. The van der Waals surface area contributed by atoms with Crippen LogP contribution in [0.5, 0.6) is 0 Å². The summed E-state index contributed by atoms with van der Waals surface area (Å²) < 4.78 is 4.96. The molecule has 0 unspecified atom stereocenters. The van der Waals surface area contributed by atoms with Crippen LogP contribution in [-0.4, -0.2) is 52.8 Å². The molecule has 0 aliphatic carbocycles. The summed E-state index contributed by atoms with van der Waals surface area (Å²) >= 11 is 0. The SMILES string of the molecule is O=C(c1ccoc1)N1CCN(C(=O)c2cc3ccccc3[nH]2)CC1. The number of carbonyl (C=O) groups excluding carboxylic acids is 2. The standard InChI is InChI=1S/C18H17N3O3/c22-17(14-5-10-24-12-14)20-6-8-21(9-7-20)18(23)16-11-13-3-1-2-4-15(13)19-16/h1-5,10-12,19H,6-9H2. The number of rotatable bonds is 2. The number of hydrogen-bond donors (Lipinski definition) is 1. The van der Waals surface area contributed by atoms with Gasteiger partial charge in [-0.05, 0) is 18.2 Å². The number of aromatic nitrogens is 1. The molecule has 6 nitrogen and oxygen atoms in total. The van der Waals surface area contributed by atoms with Crippen molar-refractivity contribution in [1.82, 2.24) is 14.8 Å². The van der Waals surface area contributed by atoms with Gasteiger partial charge in [-0.3, -0.25) is 9.59 Å². The summed E-state index contributed by atoms with van der Waals surface area (Å²) in [6, 6.07) is 11.3. The minimum Gasteiger partial charge on any atom is -0.472 e. The van der Waals surface area contributed by atoms with Gasteiger partial charge in [0, 0.05) is 37.1 Å². The van der Waals surface area contributed by atoms with E-state index in [0.29, 0.717) is 37.4 Å². The number of nitrogens with zero attached hydrogens (tertiary/aromatic N) is 2. The van der Waals surface area contributed by atoms with Crippen LogP contribution in [-0.2, 0) is 0 Å². The predicted octanol–water partition coefficient (Wildman–Crippen LogP) is 2.36. The van der Waals surface area contributed by atoms with E-state index in [0.717, 1.165) is 10.9 Å². The van der Waals surface area contributed by atoms with Crippen molar-refractivity contribution < 1.29 is 14.0 Å². The van der Waals surface area contributed by atoms with Gasteiger partial charge in [-0.25, -0.2) is 0 Å². The number of carbonyl (C=O) groups is 2. The summed E-state index contributed by atoms with van der Waals surface area (Å²) in [6.45, 7) is 2.10. The minimum atomic E-state index is -0.0542. The lowest BCUT2D eigenvalue weighted by Crippen LogP contribution is -2.50. The molecule has 2 amide bonds. The fourth-order valence-corrected chi connectivity index (χ4v) is 3.04. The number of para-hydroxylation sites is 1. The van der Waals surface area contributed by atoms with Gasteiger partial charge in [0.25, 0.3) is 11.8 Å². The van der Waals surface area contributed by atoms with E-state index in [2.05, 4.69) is 4.98 Å². The van der Waals surface area contributed by atoms with Crippen molar-refractivity contribution in [1.29, 1.82) is 0 Å². The molecule has 0 saturated carbocycles. The van der Waals surface area contributed by atoms with Gasteiger partial charge in [-0.2, -0.15) is 0 Å². The van der Waals surface area contributed by atoms with Crippen molar-refractivity contribution in [3.8, 4) is 0 Å². The molecule has 3 aromatic rings. The highest BCUT2D eigenvalue weighted by atomic mass is 16.3. The first kappa shape index (κ1) is 14.6. The van der Waals surface area contributed by atoms with E-state index in [1.165, 1.54) is 12.5 Å². The van der Waals surface area contributed by atoms with Crippen LogP contribution in [0.25, 0.3) is 10.9 Å². The van der Waals surface area contributed by atoms with Gasteiger partial charge in [-0.15, -0.1) is 0 Å². The minimum absolute atomic E-state index is 0.0263. The van der Waals surface area contributed by atoms with Gasteiger partial charge in [0.15, 0.2) is 0 Å². The second kappa shape index (κ2) is 5.88. The molecule has 3 heterocycles. The van der Waals surface area contributed by atoms with Crippen molar-refractivity contribution in [2.24, 2.45) is 0 Å². The summed E-state index contributed by atoms with van der Waals surface area (Å²) in [5.41, 5.74) is 2.09. The summed E-state index contributed by atoms with van der Waals surface area (Å²) in [5, 5.41) is 1.02. The van der Waals surface area contributed by atoms with Gasteiger partial charge in [-0.1, -0.05) is 18.2 Å². The van der Waals surface area contributed by atoms with Crippen molar-refractivity contribution in [3.05, 3.63) is 60.2 Å². The van der Waals surface area contributed by atoms with Crippen molar-refractivity contribution in [3.63, 3.8) is 0 Å². The molecule has 1 saturated heterocycles. The van der Waals surface area contributed by atoms with E-state index in [4.69, 9.17) is 4.42 Å². The molecule has 0 bridgehead atoms. The fraction of sp³-hybridized carbons (Fsp3) is 0.222. The van der Waals surface area contributed by atoms with E-state index < -0.39 is 0 Å². The summed E-state index contributed by atoms with van der Waals surface area (Å²) in [7, 11) is 0. The number of benzene rings is 1. The molecule has 0 radical (unpaired) electrons. The van der Waals surface area contributed by atoms with Gasteiger partial charge in [0.05, 0.1) is 11.8 Å². The van der Waals surface area contributed by atoms with Gasteiger partial charge < -0.3 is 19.2 Å². The monoisotopic (exact) mass is 323 g/mol. The Morgan fingerprint density at radius 1 is 0.958 bits per heavy atom. The molecule has 1 N–H and O–H groups in total. The van der Waals surface area contributed by atoms with Crippen LogP contribution in [0.15, 0.2) is 53.3 Å². The number of amides is 2. The molecular weight excluding hydrogens is 306 g/mol. The largest absolute Gasteiger partial charge is 0.472 e. The lowest BCUT2D eigenvalue weighted by atomic mass is 10.2. The summed E-state index contributed by atoms with van der Waals surface area (Å²) in [5.74, 6) is -0.0805. The third-order valence-corrected chi connectivity index (χ3v) is 4.38. The second-order valence-electron chi connectivity index (χ2n) is 5.87. The maximum Gasteiger partial charge on any atom is 0.270 e. The first-order valence-electron chi connectivity index (χ1n) is 7.91. The lowest BCUT2D eigenvalue weighted by molar-refractivity contribution is 0.0532. The predicted molar refractivity (Wildman–Crippen MR) is 88.8 cm³/mol.